The van der Waals surface area contributed by atoms with E-state index in [2.05, 4.69) is 10.3 Å². The molecule has 0 radical (unpaired) electrons. The maximum absolute atomic E-state index is 12.3. The maximum atomic E-state index is 12.3. The molecule has 2 amide bonds. The summed E-state index contributed by atoms with van der Waals surface area (Å²) in [5.41, 5.74) is 7.02. The van der Waals surface area contributed by atoms with Crippen LogP contribution in [0.25, 0.3) is 5.65 Å². The normalized spacial score (nSPS) is 12.6. The molecule has 6 nitrogen and oxygen atoms in total. The lowest BCUT2D eigenvalue weighted by Crippen LogP contribution is -2.47. The first-order valence-electron chi connectivity index (χ1n) is 6.45. The molecule has 2 aromatic heterocycles. The zero-order chi connectivity index (χ0) is 14.9. The highest BCUT2D eigenvalue weighted by Crippen LogP contribution is 2.12. The quantitative estimate of drug-likeness (QED) is 0.867. The molecule has 1 atom stereocenters. The van der Waals surface area contributed by atoms with Gasteiger partial charge in [-0.15, -0.1) is 0 Å². The molecular formula is C14H18N4O2. The Balaban J connectivity index is 2.32. The monoisotopic (exact) mass is 274 g/mol. The van der Waals surface area contributed by atoms with Crippen LogP contribution in [0.5, 0.6) is 0 Å². The third kappa shape index (κ3) is 2.49. The van der Waals surface area contributed by atoms with Gasteiger partial charge < -0.3 is 15.5 Å². The van der Waals surface area contributed by atoms with Crippen LogP contribution in [-0.2, 0) is 4.79 Å². The van der Waals surface area contributed by atoms with Crippen molar-refractivity contribution in [2.75, 3.05) is 0 Å². The van der Waals surface area contributed by atoms with Crippen molar-refractivity contribution < 1.29 is 9.59 Å². The third-order valence-electron chi connectivity index (χ3n) is 3.24. The lowest BCUT2D eigenvalue weighted by atomic mass is 10.0. The highest BCUT2D eigenvalue weighted by Gasteiger charge is 2.24. The zero-order valence-electron chi connectivity index (χ0n) is 11.8. The molecule has 0 bridgehead atoms. The van der Waals surface area contributed by atoms with Crippen molar-refractivity contribution in [2.24, 2.45) is 11.7 Å². The Morgan fingerprint density at radius 3 is 2.60 bits per heavy atom. The van der Waals surface area contributed by atoms with Crippen molar-refractivity contribution in [1.29, 1.82) is 0 Å². The molecule has 106 valence electrons. The number of carbonyl (C=O) groups is 2. The number of fused-ring (bicyclic) bond motifs is 1. The molecule has 2 aromatic rings. The molecule has 3 N–H and O–H groups in total. The van der Waals surface area contributed by atoms with Crippen LogP contribution in [0.2, 0.25) is 0 Å². The van der Waals surface area contributed by atoms with Gasteiger partial charge in [0.2, 0.25) is 5.91 Å². The number of rotatable bonds is 4. The van der Waals surface area contributed by atoms with Crippen LogP contribution < -0.4 is 11.1 Å². The Morgan fingerprint density at radius 1 is 1.35 bits per heavy atom. The van der Waals surface area contributed by atoms with Crippen LogP contribution in [0.1, 0.15) is 30.0 Å². The number of carbonyl (C=O) groups excluding carboxylic acids is 2. The van der Waals surface area contributed by atoms with E-state index >= 15 is 0 Å². The lowest BCUT2D eigenvalue weighted by Gasteiger charge is -2.18. The fourth-order valence-electron chi connectivity index (χ4n) is 2.11. The van der Waals surface area contributed by atoms with Gasteiger partial charge in [0.15, 0.2) is 0 Å². The average molecular weight is 274 g/mol. The summed E-state index contributed by atoms with van der Waals surface area (Å²) in [4.78, 5) is 27.9. The number of aromatic nitrogens is 2. The van der Waals surface area contributed by atoms with Crippen LogP contribution in [-0.4, -0.2) is 27.2 Å². The summed E-state index contributed by atoms with van der Waals surface area (Å²) in [6.07, 6.45) is 1.84. The highest BCUT2D eigenvalue weighted by atomic mass is 16.2. The number of nitrogens with zero attached hydrogens (tertiary/aromatic N) is 2. The minimum atomic E-state index is -0.702. The summed E-state index contributed by atoms with van der Waals surface area (Å²) in [7, 11) is 0. The van der Waals surface area contributed by atoms with Crippen LogP contribution in [0, 0.1) is 12.8 Å². The second-order valence-corrected chi connectivity index (χ2v) is 5.07. The van der Waals surface area contributed by atoms with Crippen LogP contribution in [0.3, 0.4) is 0 Å². The SMILES string of the molecule is Cc1c(C(=O)N[C@H](C(N)=O)C(C)C)nc2ccccn12. The second kappa shape index (κ2) is 5.32. The van der Waals surface area contributed by atoms with Gasteiger partial charge in [0.05, 0.1) is 5.69 Å². The summed E-state index contributed by atoms with van der Waals surface area (Å²) in [5, 5.41) is 2.64. The molecule has 0 aliphatic rings. The lowest BCUT2D eigenvalue weighted by molar-refractivity contribution is -0.120. The van der Waals surface area contributed by atoms with Gasteiger partial charge in [-0.05, 0) is 25.0 Å². The molecule has 0 unspecified atom stereocenters. The van der Waals surface area contributed by atoms with Gasteiger partial charge in [-0.25, -0.2) is 4.98 Å². The van der Waals surface area contributed by atoms with Crippen molar-refractivity contribution >= 4 is 17.5 Å². The Labute approximate surface area is 117 Å². The summed E-state index contributed by atoms with van der Waals surface area (Å²) < 4.78 is 1.82. The Hall–Kier alpha value is -2.37. The van der Waals surface area contributed by atoms with Crippen molar-refractivity contribution in [3.63, 3.8) is 0 Å². The van der Waals surface area contributed by atoms with Gasteiger partial charge in [-0.1, -0.05) is 19.9 Å². The largest absolute Gasteiger partial charge is 0.368 e. The van der Waals surface area contributed by atoms with Gasteiger partial charge in [0.1, 0.15) is 17.4 Å². The van der Waals surface area contributed by atoms with Crippen molar-refractivity contribution in [3.05, 3.63) is 35.8 Å². The number of nitrogens with two attached hydrogens (primary N) is 1. The van der Waals surface area contributed by atoms with Gasteiger partial charge >= 0.3 is 0 Å². The third-order valence-corrected chi connectivity index (χ3v) is 3.24. The number of hydrogen-bond donors (Lipinski definition) is 2. The van der Waals surface area contributed by atoms with E-state index in [1.54, 1.807) is 0 Å². The predicted octanol–water partition coefficient (Wildman–Crippen LogP) is 0.882. The van der Waals surface area contributed by atoms with E-state index in [1.165, 1.54) is 0 Å². The zero-order valence-corrected chi connectivity index (χ0v) is 11.8. The molecule has 0 aliphatic carbocycles. The molecule has 6 heteroatoms. The van der Waals surface area contributed by atoms with Crippen molar-refractivity contribution in [2.45, 2.75) is 26.8 Å². The minimum absolute atomic E-state index is 0.0752. The van der Waals surface area contributed by atoms with Gasteiger partial charge in [-0.2, -0.15) is 0 Å². The maximum Gasteiger partial charge on any atom is 0.272 e. The van der Waals surface area contributed by atoms with Crippen molar-refractivity contribution in [3.8, 4) is 0 Å². The number of hydrogen-bond acceptors (Lipinski definition) is 3. The molecule has 0 saturated heterocycles. The van der Waals surface area contributed by atoms with Gasteiger partial charge in [-0.3, -0.25) is 9.59 Å². The Morgan fingerprint density at radius 2 is 2.05 bits per heavy atom. The molecule has 2 heterocycles. The highest BCUT2D eigenvalue weighted by molar-refractivity contribution is 5.97. The number of amides is 2. The fraction of sp³-hybridized carbons (Fsp3) is 0.357. The van der Waals surface area contributed by atoms with E-state index in [0.29, 0.717) is 11.3 Å². The number of primary amides is 1. The standard InChI is InChI=1S/C14H18N4O2/c1-8(2)11(13(15)19)17-14(20)12-9(3)18-7-5-4-6-10(18)16-12/h4-8,11H,1-3H3,(H2,15,19)(H,17,20)/t11-/m0/s1. The molecule has 0 spiro atoms. The van der Waals surface area contributed by atoms with E-state index in [9.17, 15) is 9.59 Å². The first-order valence-corrected chi connectivity index (χ1v) is 6.45. The first-order chi connectivity index (χ1) is 9.41. The molecular weight excluding hydrogens is 256 g/mol. The Bertz CT molecular complexity index is 660. The molecule has 2 rings (SSSR count). The van der Waals surface area contributed by atoms with E-state index in [0.717, 1.165) is 5.69 Å². The molecule has 0 fully saturated rings. The molecule has 20 heavy (non-hydrogen) atoms. The number of nitrogens with one attached hydrogen (secondary N) is 1. The van der Waals surface area contributed by atoms with Crippen molar-refractivity contribution in [1.82, 2.24) is 14.7 Å². The number of pyridine rings is 1. The summed E-state index contributed by atoms with van der Waals surface area (Å²) in [6.45, 7) is 5.46. The van der Waals surface area contributed by atoms with Gasteiger partial charge in [0.25, 0.3) is 5.91 Å². The minimum Gasteiger partial charge on any atom is -0.368 e. The van der Waals surface area contributed by atoms with Crippen LogP contribution in [0.4, 0.5) is 0 Å². The fourth-order valence-corrected chi connectivity index (χ4v) is 2.11. The molecule has 0 aliphatic heterocycles. The average Bonchev–Trinajstić information content (AvgIpc) is 2.73. The van der Waals surface area contributed by atoms with Crippen LogP contribution >= 0.6 is 0 Å². The summed E-state index contributed by atoms with van der Waals surface area (Å²) in [5.74, 6) is -1.01. The van der Waals surface area contributed by atoms with Gasteiger partial charge in [0, 0.05) is 6.20 Å². The second-order valence-electron chi connectivity index (χ2n) is 5.07. The summed E-state index contributed by atoms with van der Waals surface area (Å²) in [6, 6.07) is 4.83. The first kappa shape index (κ1) is 14.0. The van der Waals surface area contributed by atoms with E-state index < -0.39 is 11.9 Å². The number of aryl methyl sites for hydroxylation is 1. The van der Waals surface area contributed by atoms with E-state index in [4.69, 9.17) is 5.73 Å². The summed E-state index contributed by atoms with van der Waals surface area (Å²) >= 11 is 0. The smallest absolute Gasteiger partial charge is 0.272 e. The molecule has 0 saturated carbocycles. The van der Waals surface area contributed by atoms with E-state index in [1.807, 2.05) is 49.6 Å². The van der Waals surface area contributed by atoms with E-state index in [-0.39, 0.29) is 11.8 Å². The molecule has 0 aromatic carbocycles. The predicted molar refractivity (Wildman–Crippen MR) is 75.2 cm³/mol. The topological polar surface area (TPSA) is 89.5 Å². The van der Waals surface area contributed by atoms with Crippen LogP contribution in [0.15, 0.2) is 24.4 Å². The Kier molecular flexibility index (Phi) is 3.74. The number of imidazole rings is 1.